The van der Waals surface area contributed by atoms with Crippen LogP contribution in [-0.2, 0) is 4.79 Å². The number of hydrogen-bond donors (Lipinski definition) is 0. The van der Waals surface area contributed by atoms with Crippen LogP contribution in [0.3, 0.4) is 0 Å². The Balaban J connectivity index is 1.39. The fraction of sp³-hybridized carbons (Fsp3) is 0.273. The van der Waals surface area contributed by atoms with Gasteiger partial charge in [-0.1, -0.05) is 29.8 Å². The number of halogens is 1. The Kier molecular flexibility index (Phi) is 5.83. The zero-order valence-corrected chi connectivity index (χ0v) is 18.1. The number of aliphatic imine (C=N–C) groups is 1. The van der Waals surface area contributed by atoms with E-state index in [1.54, 1.807) is 0 Å². The molecule has 0 N–H and O–H groups in total. The van der Waals surface area contributed by atoms with Crippen molar-refractivity contribution in [2.24, 2.45) is 4.99 Å². The molecule has 2 heterocycles. The molecule has 0 unspecified atom stereocenters. The lowest BCUT2D eigenvalue weighted by Crippen LogP contribution is -2.47. The van der Waals surface area contributed by atoms with E-state index in [2.05, 4.69) is 25.8 Å². The van der Waals surface area contributed by atoms with Crippen LogP contribution in [-0.4, -0.2) is 56.2 Å². The summed E-state index contributed by atoms with van der Waals surface area (Å²) in [5.41, 5.74) is 3.27. The second kappa shape index (κ2) is 8.51. The van der Waals surface area contributed by atoms with E-state index in [1.165, 1.54) is 11.8 Å². The highest BCUT2D eigenvalue weighted by atomic mass is 35.5. The fourth-order valence-electron chi connectivity index (χ4n) is 3.38. The molecule has 2 aliphatic heterocycles. The molecule has 0 spiro atoms. The number of anilines is 2. The summed E-state index contributed by atoms with van der Waals surface area (Å²) in [6.45, 7) is 3.41. The van der Waals surface area contributed by atoms with Crippen molar-refractivity contribution in [1.29, 1.82) is 0 Å². The maximum atomic E-state index is 12.4. The van der Waals surface area contributed by atoms with E-state index in [1.807, 2.05) is 62.6 Å². The number of amides is 1. The van der Waals surface area contributed by atoms with Crippen molar-refractivity contribution in [3.05, 3.63) is 64.0 Å². The predicted molar refractivity (Wildman–Crippen MR) is 124 cm³/mol. The smallest absolute Gasteiger partial charge is 0.286 e. The van der Waals surface area contributed by atoms with E-state index in [-0.39, 0.29) is 5.91 Å². The zero-order valence-electron chi connectivity index (χ0n) is 16.5. The molecule has 1 amide bonds. The van der Waals surface area contributed by atoms with Crippen molar-refractivity contribution < 1.29 is 4.79 Å². The van der Waals surface area contributed by atoms with Gasteiger partial charge in [0.1, 0.15) is 0 Å². The summed E-state index contributed by atoms with van der Waals surface area (Å²) >= 11 is 7.58. The van der Waals surface area contributed by atoms with E-state index >= 15 is 0 Å². The second-order valence-corrected chi connectivity index (χ2v) is 8.70. The average Bonchev–Trinajstić information content (AvgIpc) is 3.09. The van der Waals surface area contributed by atoms with Crippen molar-refractivity contribution in [2.75, 3.05) is 50.1 Å². The van der Waals surface area contributed by atoms with Crippen molar-refractivity contribution in [3.63, 3.8) is 0 Å². The van der Waals surface area contributed by atoms with Crippen LogP contribution in [0.4, 0.5) is 11.4 Å². The molecule has 150 valence electrons. The summed E-state index contributed by atoms with van der Waals surface area (Å²) in [6, 6.07) is 16.1. The molecular weight excluding hydrogens is 404 g/mol. The minimum Gasteiger partial charge on any atom is -0.378 e. The summed E-state index contributed by atoms with van der Waals surface area (Å²) in [6.07, 6.45) is 1.92. The van der Waals surface area contributed by atoms with Crippen LogP contribution in [0, 0.1) is 0 Å². The number of benzene rings is 2. The van der Waals surface area contributed by atoms with Gasteiger partial charge in [-0.2, -0.15) is 4.99 Å². The second-order valence-electron chi connectivity index (χ2n) is 7.25. The van der Waals surface area contributed by atoms with Crippen LogP contribution >= 0.6 is 23.4 Å². The Bertz CT molecular complexity index is 963. The average molecular weight is 427 g/mol. The number of nitrogens with zero attached hydrogens (tertiary/aromatic N) is 4. The van der Waals surface area contributed by atoms with Gasteiger partial charge in [-0.3, -0.25) is 4.79 Å². The number of amidine groups is 1. The summed E-state index contributed by atoms with van der Waals surface area (Å²) < 4.78 is 0. The lowest BCUT2D eigenvalue weighted by atomic mass is 10.2. The highest BCUT2D eigenvalue weighted by Gasteiger charge is 2.28. The van der Waals surface area contributed by atoms with Gasteiger partial charge in [0.05, 0.1) is 4.91 Å². The third kappa shape index (κ3) is 4.60. The third-order valence-electron chi connectivity index (χ3n) is 5.04. The topological polar surface area (TPSA) is 39.1 Å². The number of rotatable bonds is 3. The SMILES string of the molecule is CN(C)c1ccc(/C=C2\SC(N3CCN(c4cccc(Cl)c4)CC3)=NC2=O)cc1. The van der Waals surface area contributed by atoms with Crippen molar-refractivity contribution in [2.45, 2.75) is 0 Å². The van der Waals surface area contributed by atoms with E-state index in [0.717, 1.165) is 53.3 Å². The highest BCUT2D eigenvalue weighted by Crippen LogP contribution is 2.31. The van der Waals surface area contributed by atoms with E-state index in [0.29, 0.717) is 4.91 Å². The van der Waals surface area contributed by atoms with Gasteiger partial charge in [-0.15, -0.1) is 0 Å². The molecule has 0 aliphatic carbocycles. The lowest BCUT2D eigenvalue weighted by Gasteiger charge is -2.36. The minimum atomic E-state index is -0.154. The normalized spacial score (nSPS) is 18.4. The molecule has 2 aliphatic rings. The van der Waals surface area contributed by atoms with E-state index in [9.17, 15) is 4.79 Å². The van der Waals surface area contributed by atoms with Gasteiger partial charge in [0.2, 0.25) is 0 Å². The Labute approximate surface area is 180 Å². The number of hydrogen-bond acceptors (Lipinski definition) is 5. The van der Waals surface area contributed by atoms with Crippen LogP contribution in [0.5, 0.6) is 0 Å². The van der Waals surface area contributed by atoms with Crippen LogP contribution < -0.4 is 9.80 Å². The van der Waals surface area contributed by atoms with Gasteiger partial charge in [0, 0.05) is 56.7 Å². The Morgan fingerprint density at radius 1 is 1.03 bits per heavy atom. The van der Waals surface area contributed by atoms with E-state index < -0.39 is 0 Å². The van der Waals surface area contributed by atoms with Crippen molar-refractivity contribution in [1.82, 2.24) is 4.90 Å². The quantitative estimate of drug-likeness (QED) is 0.688. The van der Waals surface area contributed by atoms with Gasteiger partial charge in [0.25, 0.3) is 5.91 Å². The number of carbonyl (C=O) groups excluding carboxylic acids is 1. The molecule has 0 radical (unpaired) electrons. The van der Waals surface area contributed by atoms with Gasteiger partial charge >= 0.3 is 0 Å². The van der Waals surface area contributed by atoms with Crippen molar-refractivity contribution in [3.8, 4) is 0 Å². The highest BCUT2D eigenvalue weighted by molar-refractivity contribution is 8.18. The van der Waals surface area contributed by atoms with Crippen LogP contribution in [0.25, 0.3) is 6.08 Å². The molecule has 7 heteroatoms. The molecule has 29 heavy (non-hydrogen) atoms. The first-order valence-electron chi connectivity index (χ1n) is 9.55. The molecule has 0 atom stereocenters. The number of piperazine rings is 1. The largest absolute Gasteiger partial charge is 0.378 e. The van der Waals surface area contributed by atoms with E-state index in [4.69, 9.17) is 11.6 Å². The van der Waals surface area contributed by atoms with Crippen molar-refractivity contribution >= 4 is 51.9 Å². The molecule has 2 aromatic rings. The standard InChI is InChI=1S/C22H23ClN4OS/c1-25(2)18-8-6-16(7-9-18)14-20-21(28)24-22(29-20)27-12-10-26(11-13-27)19-5-3-4-17(23)15-19/h3-9,14-15H,10-13H2,1-2H3/b20-14-. The molecular formula is C22H23ClN4OS. The van der Waals surface area contributed by atoms with Gasteiger partial charge < -0.3 is 14.7 Å². The number of carbonyl (C=O) groups is 1. The third-order valence-corrected chi connectivity index (χ3v) is 6.32. The zero-order chi connectivity index (χ0) is 20.4. The molecule has 0 saturated carbocycles. The van der Waals surface area contributed by atoms with Gasteiger partial charge in [-0.05, 0) is 53.7 Å². The van der Waals surface area contributed by atoms with Crippen LogP contribution in [0.2, 0.25) is 5.02 Å². The molecule has 0 bridgehead atoms. The first-order valence-corrected chi connectivity index (χ1v) is 10.7. The minimum absolute atomic E-state index is 0.154. The molecule has 1 fully saturated rings. The molecule has 2 aromatic carbocycles. The van der Waals surface area contributed by atoms with Crippen LogP contribution in [0.15, 0.2) is 58.4 Å². The lowest BCUT2D eigenvalue weighted by molar-refractivity contribution is -0.113. The Morgan fingerprint density at radius 2 is 1.72 bits per heavy atom. The van der Waals surface area contributed by atoms with Crippen LogP contribution in [0.1, 0.15) is 5.56 Å². The first-order chi connectivity index (χ1) is 14.0. The fourth-order valence-corrected chi connectivity index (χ4v) is 4.53. The predicted octanol–water partition coefficient (Wildman–Crippen LogP) is 4.20. The Morgan fingerprint density at radius 3 is 2.38 bits per heavy atom. The maximum Gasteiger partial charge on any atom is 0.286 e. The van der Waals surface area contributed by atoms with Gasteiger partial charge in [-0.25, -0.2) is 0 Å². The molecule has 1 saturated heterocycles. The molecule has 4 rings (SSSR count). The molecule has 0 aromatic heterocycles. The monoisotopic (exact) mass is 426 g/mol. The summed E-state index contributed by atoms with van der Waals surface area (Å²) in [5.74, 6) is -0.154. The Hall–Kier alpha value is -2.44. The van der Waals surface area contributed by atoms with Gasteiger partial charge in [0.15, 0.2) is 5.17 Å². The molecule has 5 nitrogen and oxygen atoms in total. The maximum absolute atomic E-state index is 12.4. The summed E-state index contributed by atoms with van der Waals surface area (Å²) in [4.78, 5) is 23.9. The number of thioether (sulfide) groups is 1. The first kappa shape index (κ1) is 19.9. The summed E-state index contributed by atoms with van der Waals surface area (Å²) in [5, 5.41) is 1.55. The summed E-state index contributed by atoms with van der Waals surface area (Å²) in [7, 11) is 4.02.